The lowest BCUT2D eigenvalue weighted by atomic mass is 10.3. The number of sulfonamides is 1. The first-order valence-electron chi connectivity index (χ1n) is 6.34. The van der Waals surface area contributed by atoms with Crippen molar-refractivity contribution in [1.82, 2.24) is 4.31 Å². The Balaban J connectivity index is 2.59. The number of nitrogens with zero attached hydrogens (tertiary/aromatic N) is 1. The van der Waals surface area contributed by atoms with Gasteiger partial charge in [0.15, 0.2) is 4.90 Å². The fourth-order valence-electron chi connectivity index (χ4n) is 2.29. The zero-order valence-electron chi connectivity index (χ0n) is 11.9. The number of rotatable bonds is 5. The van der Waals surface area contributed by atoms with Crippen molar-refractivity contribution >= 4 is 10.0 Å². The maximum atomic E-state index is 12.7. The van der Waals surface area contributed by atoms with E-state index in [-0.39, 0.29) is 16.4 Å². The lowest BCUT2D eigenvalue weighted by Gasteiger charge is -2.20. The first kappa shape index (κ1) is 14.9. The Morgan fingerprint density at radius 1 is 0.950 bits per heavy atom. The highest BCUT2D eigenvalue weighted by Gasteiger charge is 2.33. The second-order valence-electron chi connectivity index (χ2n) is 4.47. The molecule has 0 amide bonds. The van der Waals surface area contributed by atoms with E-state index < -0.39 is 10.0 Å². The normalized spacial score (nSPS) is 16.1. The van der Waals surface area contributed by atoms with Crippen molar-refractivity contribution in [3.8, 4) is 17.2 Å². The number of hydrogen-bond acceptors (Lipinski definition) is 5. The summed E-state index contributed by atoms with van der Waals surface area (Å²) < 4.78 is 42.4. The van der Waals surface area contributed by atoms with Crippen molar-refractivity contribution in [3.63, 3.8) is 0 Å². The minimum absolute atomic E-state index is 0.0604. The SMILES string of the molecule is COc1cc(OC)c(S(=O)(=O)N2CCCC2)c(OC)c1. The Morgan fingerprint density at radius 2 is 1.45 bits per heavy atom. The Bertz CT molecular complexity index is 553. The van der Waals surface area contributed by atoms with Crippen molar-refractivity contribution < 1.29 is 22.6 Å². The summed E-state index contributed by atoms with van der Waals surface area (Å²) >= 11 is 0. The molecule has 0 N–H and O–H groups in total. The van der Waals surface area contributed by atoms with E-state index in [9.17, 15) is 8.42 Å². The molecule has 7 heteroatoms. The zero-order chi connectivity index (χ0) is 14.8. The Labute approximate surface area is 119 Å². The van der Waals surface area contributed by atoms with Gasteiger partial charge in [-0.3, -0.25) is 0 Å². The van der Waals surface area contributed by atoms with E-state index in [0.717, 1.165) is 12.8 Å². The van der Waals surface area contributed by atoms with Crippen LogP contribution in [0.5, 0.6) is 17.2 Å². The smallest absolute Gasteiger partial charge is 0.250 e. The Kier molecular flexibility index (Phi) is 4.39. The van der Waals surface area contributed by atoms with Crippen LogP contribution in [0.25, 0.3) is 0 Å². The second-order valence-corrected chi connectivity index (χ2v) is 6.35. The molecule has 0 atom stereocenters. The highest BCUT2D eigenvalue weighted by Crippen LogP contribution is 2.39. The van der Waals surface area contributed by atoms with E-state index in [1.54, 1.807) is 12.1 Å². The summed E-state index contributed by atoms with van der Waals surface area (Å²) in [5.74, 6) is 0.945. The van der Waals surface area contributed by atoms with Gasteiger partial charge in [0.1, 0.15) is 17.2 Å². The molecule has 1 fully saturated rings. The molecular weight excluding hydrogens is 282 g/mol. The van der Waals surface area contributed by atoms with Crippen LogP contribution >= 0.6 is 0 Å². The number of hydrogen-bond donors (Lipinski definition) is 0. The van der Waals surface area contributed by atoms with Crippen LogP contribution in [-0.2, 0) is 10.0 Å². The van der Waals surface area contributed by atoms with Gasteiger partial charge in [0.05, 0.1) is 21.3 Å². The van der Waals surface area contributed by atoms with Gasteiger partial charge >= 0.3 is 0 Å². The van der Waals surface area contributed by atoms with Crippen molar-refractivity contribution in [2.75, 3.05) is 34.4 Å². The molecular formula is C13H19NO5S. The fourth-order valence-corrected chi connectivity index (χ4v) is 4.08. The highest BCUT2D eigenvalue weighted by atomic mass is 32.2. The molecule has 1 heterocycles. The minimum Gasteiger partial charge on any atom is -0.496 e. The molecule has 20 heavy (non-hydrogen) atoms. The number of methoxy groups -OCH3 is 3. The molecule has 0 spiro atoms. The van der Waals surface area contributed by atoms with Gasteiger partial charge in [-0.1, -0.05) is 0 Å². The molecule has 0 radical (unpaired) electrons. The van der Waals surface area contributed by atoms with Gasteiger partial charge in [-0.25, -0.2) is 8.42 Å². The van der Waals surface area contributed by atoms with Crippen LogP contribution in [-0.4, -0.2) is 47.1 Å². The molecule has 0 saturated carbocycles. The molecule has 1 saturated heterocycles. The standard InChI is InChI=1S/C13H19NO5S/c1-17-10-8-11(18-2)13(12(9-10)19-3)20(15,16)14-6-4-5-7-14/h8-9H,4-7H2,1-3H3. The molecule has 1 aromatic rings. The monoisotopic (exact) mass is 301 g/mol. The largest absolute Gasteiger partial charge is 0.496 e. The summed E-state index contributed by atoms with van der Waals surface area (Å²) in [6.45, 7) is 1.06. The zero-order valence-corrected chi connectivity index (χ0v) is 12.7. The maximum Gasteiger partial charge on any atom is 0.250 e. The summed E-state index contributed by atoms with van der Waals surface area (Å²) in [7, 11) is 0.737. The third kappa shape index (κ3) is 2.55. The molecule has 6 nitrogen and oxygen atoms in total. The molecule has 1 aliphatic heterocycles. The predicted octanol–water partition coefficient (Wildman–Crippen LogP) is 1.50. The van der Waals surface area contributed by atoms with Gasteiger partial charge in [-0.05, 0) is 12.8 Å². The lowest BCUT2D eigenvalue weighted by molar-refractivity contribution is 0.355. The van der Waals surface area contributed by atoms with Crippen molar-refractivity contribution in [3.05, 3.63) is 12.1 Å². The highest BCUT2D eigenvalue weighted by molar-refractivity contribution is 7.89. The molecule has 1 aliphatic rings. The predicted molar refractivity (Wildman–Crippen MR) is 74.1 cm³/mol. The van der Waals surface area contributed by atoms with Crippen molar-refractivity contribution in [1.29, 1.82) is 0 Å². The lowest BCUT2D eigenvalue weighted by Crippen LogP contribution is -2.28. The molecule has 112 valence electrons. The Morgan fingerprint density at radius 3 is 1.85 bits per heavy atom. The van der Waals surface area contributed by atoms with E-state index >= 15 is 0 Å². The van der Waals surface area contributed by atoms with E-state index in [4.69, 9.17) is 14.2 Å². The summed E-state index contributed by atoms with van der Waals surface area (Å²) in [4.78, 5) is 0.0604. The summed E-state index contributed by atoms with van der Waals surface area (Å²) in [5, 5.41) is 0. The van der Waals surface area contributed by atoms with Crippen LogP contribution < -0.4 is 14.2 Å². The quantitative estimate of drug-likeness (QED) is 0.824. The van der Waals surface area contributed by atoms with E-state index in [1.165, 1.54) is 25.6 Å². The van der Waals surface area contributed by atoms with Gasteiger partial charge in [0.25, 0.3) is 0 Å². The first-order valence-corrected chi connectivity index (χ1v) is 7.78. The van der Waals surface area contributed by atoms with Gasteiger partial charge in [-0.2, -0.15) is 4.31 Å². The minimum atomic E-state index is -3.62. The first-order chi connectivity index (χ1) is 9.54. The maximum absolute atomic E-state index is 12.7. The van der Waals surface area contributed by atoms with Crippen LogP contribution in [0.1, 0.15) is 12.8 Å². The summed E-state index contributed by atoms with van der Waals surface area (Å²) in [6, 6.07) is 3.09. The van der Waals surface area contributed by atoms with Crippen LogP contribution in [0.2, 0.25) is 0 Å². The van der Waals surface area contributed by atoms with Crippen LogP contribution in [0, 0.1) is 0 Å². The van der Waals surface area contributed by atoms with E-state index in [0.29, 0.717) is 18.8 Å². The van der Waals surface area contributed by atoms with Gasteiger partial charge in [0, 0.05) is 25.2 Å². The fraction of sp³-hybridized carbons (Fsp3) is 0.538. The molecule has 0 aromatic heterocycles. The van der Waals surface area contributed by atoms with Crippen LogP contribution in [0.15, 0.2) is 17.0 Å². The molecule has 2 rings (SSSR count). The number of benzene rings is 1. The summed E-state index contributed by atoms with van der Waals surface area (Å²) in [6.07, 6.45) is 1.75. The van der Waals surface area contributed by atoms with Crippen LogP contribution in [0.4, 0.5) is 0 Å². The average Bonchev–Trinajstić information content (AvgIpc) is 3.00. The third-order valence-electron chi connectivity index (χ3n) is 3.33. The van der Waals surface area contributed by atoms with Crippen molar-refractivity contribution in [2.45, 2.75) is 17.7 Å². The van der Waals surface area contributed by atoms with Crippen molar-refractivity contribution in [2.24, 2.45) is 0 Å². The van der Waals surface area contributed by atoms with Gasteiger partial charge < -0.3 is 14.2 Å². The topological polar surface area (TPSA) is 65.1 Å². The van der Waals surface area contributed by atoms with Gasteiger partial charge in [0.2, 0.25) is 10.0 Å². The van der Waals surface area contributed by atoms with E-state index in [2.05, 4.69) is 0 Å². The van der Waals surface area contributed by atoms with E-state index in [1.807, 2.05) is 0 Å². The van der Waals surface area contributed by atoms with Crippen LogP contribution in [0.3, 0.4) is 0 Å². The molecule has 0 aliphatic carbocycles. The van der Waals surface area contributed by atoms with Gasteiger partial charge in [-0.15, -0.1) is 0 Å². The number of ether oxygens (including phenoxy) is 3. The third-order valence-corrected chi connectivity index (χ3v) is 5.30. The Hall–Kier alpha value is -1.47. The molecule has 0 unspecified atom stereocenters. The molecule has 0 bridgehead atoms. The average molecular weight is 301 g/mol. The summed E-state index contributed by atoms with van der Waals surface area (Å²) in [5.41, 5.74) is 0. The molecule has 1 aromatic carbocycles. The second kappa shape index (κ2) is 5.88.